The van der Waals surface area contributed by atoms with E-state index >= 15 is 0 Å². The number of rotatable bonds is 2. The molecule has 12 heavy (non-hydrogen) atoms. The number of imide groups is 1. The lowest BCUT2D eigenvalue weighted by atomic mass is 10.3. The summed E-state index contributed by atoms with van der Waals surface area (Å²) in [5, 5.41) is 2.47. The fraction of sp³-hybridized carbons (Fsp3) is 0.500. The standard InChI is InChI=1S/C8H12N2O2/c1-3-6(4-2)10-7(11)5-9-8(10)12/h3H,4-5H2,1-2H3,(H,9,12)/b6-3+. The minimum absolute atomic E-state index is 0.121. The maximum atomic E-state index is 11.1. The van der Waals surface area contributed by atoms with Crippen molar-refractivity contribution in [2.24, 2.45) is 0 Å². The molecule has 1 fully saturated rings. The van der Waals surface area contributed by atoms with Gasteiger partial charge in [-0.3, -0.25) is 4.79 Å². The number of urea groups is 1. The molecule has 0 bridgehead atoms. The third kappa shape index (κ3) is 1.32. The van der Waals surface area contributed by atoms with Crippen LogP contribution in [0.15, 0.2) is 11.8 Å². The van der Waals surface area contributed by atoms with Crippen LogP contribution in [-0.2, 0) is 4.79 Å². The number of hydrogen-bond acceptors (Lipinski definition) is 2. The molecule has 0 spiro atoms. The minimum Gasteiger partial charge on any atom is -0.328 e. The van der Waals surface area contributed by atoms with Crippen LogP contribution in [0.1, 0.15) is 20.3 Å². The van der Waals surface area contributed by atoms with Gasteiger partial charge in [0.2, 0.25) is 0 Å². The maximum absolute atomic E-state index is 11.1. The van der Waals surface area contributed by atoms with Crippen molar-refractivity contribution in [1.29, 1.82) is 0 Å². The lowest BCUT2D eigenvalue weighted by molar-refractivity contribution is -0.123. The summed E-state index contributed by atoms with van der Waals surface area (Å²) in [5.41, 5.74) is 0.759. The molecule has 0 saturated carbocycles. The molecule has 0 aromatic heterocycles. The molecule has 3 amide bonds. The van der Waals surface area contributed by atoms with Crippen molar-refractivity contribution in [2.45, 2.75) is 20.3 Å². The maximum Gasteiger partial charge on any atom is 0.328 e. The van der Waals surface area contributed by atoms with Crippen molar-refractivity contribution in [1.82, 2.24) is 10.2 Å². The Kier molecular flexibility index (Phi) is 2.47. The van der Waals surface area contributed by atoms with Crippen LogP contribution >= 0.6 is 0 Å². The number of allylic oxidation sites excluding steroid dienone is 2. The number of carbonyl (C=O) groups is 2. The number of nitrogens with zero attached hydrogens (tertiary/aromatic N) is 1. The second-order valence-corrected chi connectivity index (χ2v) is 2.52. The summed E-state index contributed by atoms with van der Waals surface area (Å²) in [6.45, 7) is 3.85. The van der Waals surface area contributed by atoms with E-state index in [1.54, 1.807) is 6.08 Å². The van der Waals surface area contributed by atoms with Crippen molar-refractivity contribution in [2.75, 3.05) is 6.54 Å². The van der Waals surface area contributed by atoms with Gasteiger partial charge in [0, 0.05) is 5.70 Å². The zero-order valence-corrected chi connectivity index (χ0v) is 7.26. The number of amides is 3. The average molecular weight is 168 g/mol. The first-order valence-corrected chi connectivity index (χ1v) is 3.96. The highest BCUT2D eigenvalue weighted by Crippen LogP contribution is 2.12. The lowest BCUT2D eigenvalue weighted by Gasteiger charge is -2.14. The van der Waals surface area contributed by atoms with Crippen molar-refractivity contribution in [3.8, 4) is 0 Å². The quantitative estimate of drug-likeness (QED) is 0.621. The van der Waals surface area contributed by atoms with E-state index in [1.165, 1.54) is 4.90 Å². The molecular formula is C8H12N2O2. The fourth-order valence-electron chi connectivity index (χ4n) is 1.20. The Morgan fingerprint density at radius 3 is 2.67 bits per heavy atom. The predicted molar refractivity (Wildman–Crippen MR) is 44.3 cm³/mol. The van der Waals surface area contributed by atoms with E-state index in [4.69, 9.17) is 0 Å². The first-order valence-electron chi connectivity index (χ1n) is 3.96. The molecule has 0 aliphatic carbocycles. The van der Waals surface area contributed by atoms with Crippen LogP contribution < -0.4 is 5.32 Å². The number of nitrogens with one attached hydrogen (secondary N) is 1. The minimum atomic E-state index is -0.310. The highest BCUT2D eigenvalue weighted by Gasteiger charge is 2.30. The van der Waals surface area contributed by atoms with Crippen LogP contribution in [-0.4, -0.2) is 23.4 Å². The summed E-state index contributed by atoms with van der Waals surface area (Å²) in [6.07, 6.45) is 2.47. The zero-order chi connectivity index (χ0) is 9.14. The van der Waals surface area contributed by atoms with E-state index in [1.807, 2.05) is 13.8 Å². The van der Waals surface area contributed by atoms with Gasteiger partial charge in [0.1, 0.15) is 0 Å². The Morgan fingerprint density at radius 2 is 2.33 bits per heavy atom. The molecular weight excluding hydrogens is 156 g/mol. The topological polar surface area (TPSA) is 49.4 Å². The molecule has 0 radical (unpaired) electrons. The summed E-state index contributed by atoms with van der Waals surface area (Å²) >= 11 is 0. The molecule has 0 atom stereocenters. The first kappa shape index (κ1) is 8.77. The van der Waals surface area contributed by atoms with Gasteiger partial charge in [-0.1, -0.05) is 13.0 Å². The van der Waals surface area contributed by atoms with Crippen molar-refractivity contribution < 1.29 is 9.59 Å². The Bertz CT molecular complexity index is 229. The molecule has 4 nitrogen and oxygen atoms in total. The van der Waals surface area contributed by atoms with E-state index in [-0.39, 0.29) is 18.5 Å². The van der Waals surface area contributed by atoms with Crippen molar-refractivity contribution in [3.63, 3.8) is 0 Å². The highest BCUT2D eigenvalue weighted by atomic mass is 16.2. The van der Waals surface area contributed by atoms with E-state index in [2.05, 4.69) is 5.32 Å². The summed E-state index contributed by atoms with van der Waals surface area (Å²) in [7, 11) is 0. The first-order chi connectivity index (χ1) is 5.70. The number of hydrogen-bond donors (Lipinski definition) is 1. The van der Waals surface area contributed by atoms with Crippen LogP contribution in [0.2, 0.25) is 0 Å². The molecule has 1 aliphatic heterocycles. The molecule has 1 aliphatic rings. The molecule has 0 aromatic rings. The van der Waals surface area contributed by atoms with Crippen LogP contribution in [0.3, 0.4) is 0 Å². The highest BCUT2D eigenvalue weighted by molar-refractivity contribution is 6.03. The van der Waals surface area contributed by atoms with Crippen LogP contribution in [0.5, 0.6) is 0 Å². The van der Waals surface area contributed by atoms with E-state index in [0.717, 1.165) is 5.70 Å². The average Bonchev–Trinajstić information content (AvgIpc) is 2.38. The molecule has 1 saturated heterocycles. The molecule has 0 unspecified atom stereocenters. The predicted octanol–water partition coefficient (Wildman–Crippen LogP) is 0.852. The zero-order valence-electron chi connectivity index (χ0n) is 7.26. The Morgan fingerprint density at radius 1 is 1.67 bits per heavy atom. The smallest absolute Gasteiger partial charge is 0.328 e. The fourth-order valence-corrected chi connectivity index (χ4v) is 1.20. The molecule has 4 heteroatoms. The summed E-state index contributed by atoms with van der Waals surface area (Å²) < 4.78 is 0. The Labute approximate surface area is 71.2 Å². The van der Waals surface area contributed by atoms with Gasteiger partial charge in [0.15, 0.2) is 0 Å². The molecule has 1 heterocycles. The van der Waals surface area contributed by atoms with E-state index in [0.29, 0.717) is 6.42 Å². The molecule has 66 valence electrons. The van der Waals surface area contributed by atoms with Gasteiger partial charge >= 0.3 is 6.03 Å². The normalized spacial score (nSPS) is 18.5. The van der Waals surface area contributed by atoms with Crippen LogP contribution in [0, 0.1) is 0 Å². The van der Waals surface area contributed by atoms with Crippen LogP contribution in [0.4, 0.5) is 4.79 Å². The van der Waals surface area contributed by atoms with E-state index < -0.39 is 0 Å². The van der Waals surface area contributed by atoms with Gasteiger partial charge in [-0.25, -0.2) is 9.69 Å². The SMILES string of the molecule is C/C=C(\CC)N1C(=O)CNC1=O. The Hall–Kier alpha value is -1.32. The lowest BCUT2D eigenvalue weighted by Crippen LogP contribution is -2.29. The van der Waals surface area contributed by atoms with Crippen LogP contribution in [0.25, 0.3) is 0 Å². The van der Waals surface area contributed by atoms with Gasteiger partial charge < -0.3 is 5.32 Å². The monoisotopic (exact) mass is 168 g/mol. The summed E-state index contributed by atoms with van der Waals surface area (Å²) in [5.74, 6) is -0.171. The molecule has 1 rings (SSSR count). The van der Waals surface area contributed by atoms with Crippen molar-refractivity contribution >= 4 is 11.9 Å². The van der Waals surface area contributed by atoms with Gasteiger partial charge in [0.25, 0.3) is 5.91 Å². The van der Waals surface area contributed by atoms with Gasteiger partial charge in [-0.15, -0.1) is 0 Å². The summed E-state index contributed by atoms with van der Waals surface area (Å²) in [4.78, 5) is 23.4. The molecule has 1 N–H and O–H groups in total. The summed E-state index contributed by atoms with van der Waals surface area (Å²) in [6, 6.07) is -0.310. The Balaban J connectivity index is 2.85. The van der Waals surface area contributed by atoms with Gasteiger partial charge in [-0.2, -0.15) is 0 Å². The van der Waals surface area contributed by atoms with Gasteiger partial charge in [0.05, 0.1) is 6.54 Å². The third-order valence-electron chi connectivity index (χ3n) is 1.83. The number of carbonyl (C=O) groups excluding carboxylic acids is 2. The third-order valence-corrected chi connectivity index (χ3v) is 1.83. The van der Waals surface area contributed by atoms with Crippen molar-refractivity contribution in [3.05, 3.63) is 11.8 Å². The molecule has 0 aromatic carbocycles. The van der Waals surface area contributed by atoms with E-state index in [9.17, 15) is 9.59 Å². The second-order valence-electron chi connectivity index (χ2n) is 2.52. The largest absolute Gasteiger partial charge is 0.328 e. The van der Waals surface area contributed by atoms with Gasteiger partial charge in [-0.05, 0) is 13.3 Å². The second kappa shape index (κ2) is 3.38.